The van der Waals surface area contributed by atoms with E-state index >= 15 is 0 Å². The highest BCUT2D eigenvalue weighted by atomic mass is 16.7. The fraction of sp³-hybridized carbons (Fsp3) is 0.444. The average Bonchev–Trinajstić information content (AvgIpc) is 2.88. The van der Waals surface area contributed by atoms with Gasteiger partial charge in [-0.15, -0.1) is 0 Å². The van der Waals surface area contributed by atoms with E-state index in [0.717, 1.165) is 0 Å². The van der Waals surface area contributed by atoms with E-state index in [2.05, 4.69) is 0 Å². The van der Waals surface area contributed by atoms with E-state index in [-0.39, 0.29) is 58.8 Å². The molecule has 1 heterocycles. The highest BCUT2D eigenvalue weighted by Gasteiger charge is 2.46. The van der Waals surface area contributed by atoms with E-state index in [4.69, 9.17) is 19.9 Å². The van der Waals surface area contributed by atoms with E-state index < -0.39 is 48.6 Å². The maximum Gasteiger partial charge on any atom is 0.198 e. The first-order chi connectivity index (χ1) is 17.6. The number of ether oxygens (including phenoxy) is 3. The summed E-state index contributed by atoms with van der Waals surface area (Å²) < 4.78 is 17.3. The molecule has 196 valence electrons. The van der Waals surface area contributed by atoms with Gasteiger partial charge in [-0.1, -0.05) is 12.1 Å². The number of rotatable bonds is 5. The molecule has 10 nitrogen and oxygen atoms in total. The van der Waals surface area contributed by atoms with Gasteiger partial charge >= 0.3 is 0 Å². The van der Waals surface area contributed by atoms with Crippen molar-refractivity contribution in [2.45, 2.75) is 62.4 Å². The van der Waals surface area contributed by atoms with E-state index in [1.54, 1.807) is 31.2 Å². The lowest BCUT2D eigenvalue weighted by atomic mass is 9.73. The van der Waals surface area contributed by atoms with Crippen LogP contribution in [0.15, 0.2) is 30.3 Å². The van der Waals surface area contributed by atoms with Gasteiger partial charge in [0, 0.05) is 42.0 Å². The summed E-state index contributed by atoms with van der Waals surface area (Å²) in [7, 11) is 1.42. The molecule has 0 amide bonds. The molecule has 0 aromatic heterocycles. The van der Waals surface area contributed by atoms with Crippen molar-refractivity contribution in [3.63, 3.8) is 0 Å². The number of aliphatic hydroxyl groups excluding tert-OH is 2. The molecule has 1 fully saturated rings. The Kier molecular flexibility index (Phi) is 6.51. The molecule has 2 aromatic rings. The van der Waals surface area contributed by atoms with Gasteiger partial charge in [0.05, 0.1) is 31.0 Å². The quantitative estimate of drug-likeness (QED) is 0.381. The number of benzene rings is 2. The van der Waals surface area contributed by atoms with Gasteiger partial charge in [0.1, 0.15) is 18.0 Å². The second-order valence-corrected chi connectivity index (χ2v) is 9.92. The fourth-order valence-corrected chi connectivity index (χ4v) is 5.54. The molecule has 5 N–H and O–H groups in total. The molecule has 6 atom stereocenters. The first-order valence-electron chi connectivity index (χ1n) is 12.1. The zero-order chi connectivity index (χ0) is 26.6. The molecule has 3 aliphatic rings. The van der Waals surface area contributed by atoms with Crippen molar-refractivity contribution in [3.05, 3.63) is 63.7 Å². The minimum atomic E-state index is -1.95. The monoisotopic (exact) mass is 511 g/mol. The summed E-state index contributed by atoms with van der Waals surface area (Å²) in [6.07, 6.45) is -3.47. The standard InChI is InChI=1S/C27H29NO9/c1-12-24(31)18(28)8-22(36-12)37-20-10-27(34,21(30)11-29)9-13-6-16-17(7-15(13)20)26(33)23-14(25(16)32)4-3-5-19(23)35-2/h3-7,12,18,20,22,24,29,31,34H,8-11,28H2,1-2H3/t12?,18-,20+,22+,24-,27+/m1/s1. The van der Waals surface area contributed by atoms with Gasteiger partial charge in [-0.2, -0.15) is 0 Å². The summed E-state index contributed by atoms with van der Waals surface area (Å²) in [6.45, 7) is 0.786. The summed E-state index contributed by atoms with van der Waals surface area (Å²) >= 11 is 0. The zero-order valence-electron chi connectivity index (χ0n) is 20.5. The van der Waals surface area contributed by atoms with Crippen molar-refractivity contribution in [2.75, 3.05) is 13.7 Å². The van der Waals surface area contributed by atoms with Crippen LogP contribution in [-0.2, 0) is 20.7 Å². The molecule has 1 unspecified atom stereocenters. The third kappa shape index (κ3) is 4.19. The molecule has 0 radical (unpaired) electrons. The molecule has 2 aromatic carbocycles. The van der Waals surface area contributed by atoms with Gasteiger partial charge in [0.15, 0.2) is 23.6 Å². The Bertz CT molecular complexity index is 1280. The van der Waals surface area contributed by atoms with Crippen molar-refractivity contribution in [3.8, 4) is 5.75 Å². The summed E-state index contributed by atoms with van der Waals surface area (Å²) in [4.78, 5) is 39.5. The molecule has 10 heteroatoms. The fourth-order valence-electron chi connectivity index (χ4n) is 5.54. The molecule has 0 spiro atoms. The van der Waals surface area contributed by atoms with E-state index in [1.807, 2.05) is 0 Å². The lowest BCUT2D eigenvalue weighted by Crippen LogP contribution is -2.53. The minimum Gasteiger partial charge on any atom is -0.496 e. The van der Waals surface area contributed by atoms with Gasteiger partial charge in [-0.3, -0.25) is 14.4 Å². The number of carbonyl (C=O) groups is 3. The lowest BCUT2D eigenvalue weighted by Gasteiger charge is -2.41. The van der Waals surface area contributed by atoms with Crippen LogP contribution in [0.5, 0.6) is 5.75 Å². The van der Waals surface area contributed by atoms with Gasteiger partial charge in [-0.05, 0) is 36.2 Å². The number of Topliss-reactive ketones (excluding diaryl/α,β-unsaturated/α-hetero) is 1. The maximum atomic E-state index is 13.5. The van der Waals surface area contributed by atoms with Gasteiger partial charge in [-0.25, -0.2) is 0 Å². The van der Waals surface area contributed by atoms with Crippen LogP contribution in [0.3, 0.4) is 0 Å². The van der Waals surface area contributed by atoms with Gasteiger partial charge < -0.3 is 35.3 Å². The largest absolute Gasteiger partial charge is 0.496 e. The predicted octanol–water partition coefficient (Wildman–Crippen LogP) is 0.590. The summed E-state index contributed by atoms with van der Waals surface area (Å²) in [5.41, 5.74) is 5.74. The van der Waals surface area contributed by atoms with Crippen LogP contribution in [0, 0.1) is 0 Å². The second kappa shape index (κ2) is 9.39. The normalized spacial score (nSPS) is 30.8. The third-order valence-electron chi connectivity index (χ3n) is 7.57. The number of fused-ring (bicyclic) bond motifs is 3. The van der Waals surface area contributed by atoms with Gasteiger partial charge in [0.25, 0.3) is 0 Å². The Morgan fingerprint density at radius 3 is 2.59 bits per heavy atom. The minimum absolute atomic E-state index is 0.150. The highest BCUT2D eigenvalue weighted by Crippen LogP contribution is 2.43. The van der Waals surface area contributed by atoms with E-state index in [1.165, 1.54) is 13.2 Å². The number of hydrogen-bond donors (Lipinski definition) is 4. The second-order valence-electron chi connectivity index (χ2n) is 9.92. The number of carbonyl (C=O) groups excluding carboxylic acids is 3. The van der Waals surface area contributed by atoms with Crippen molar-refractivity contribution in [1.29, 1.82) is 0 Å². The summed E-state index contributed by atoms with van der Waals surface area (Å²) in [6, 6.07) is 7.26. The predicted molar refractivity (Wildman–Crippen MR) is 128 cm³/mol. The van der Waals surface area contributed by atoms with E-state index in [0.29, 0.717) is 11.1 Å². The molecular weight excluding hydrogens is 482 g/mol. The number of ketones is 3. The molecule has 0 bridgehead atoms. The first kappa shape index (κ1) is 25.7. The van der Waals surface area contributed by atoms with Crippen molar-refractivity contribution < 1.29 is 43.9 Å². The van der Waals surface area contributed by atoms with Crippen LogP contribution in [0.25, 0.3) is 0 Å². The zero-order valence-corrected chi connectivity index (χ0v) is 20.5. The molecule has 1 saturated heterocycles. The molecule has 0 saturated carbocycles. The molecule has 37 heavy (non-hydrogen) atoms. The van der Waals surface area contributed by atoms with Crippen LogP contribution < -0.4 is 10.5 Å². The van der Waals surface area contributed by atoms with Crippen molar-refractivity contribution >= 4 is 17.3 Å². The number of methoxy groups -OCH3 is 1. The summed E-state index contributed by atoms with van der Waals surface area (Å²) in [5, 5.41) is 30.8. The molecule has 1 aliphatic heterocycles. The Balaban J connectivity index is 1.59. The highest BCUT2D eigenvalue weighted by molar-refractivity contribution is 6.29. The first-order valence-corrected chi connectivity index (χ1v) is 12.1. The van der Waals surface area contributed by atoms with Crippen LogP contribution in [-0.4, -0.2) is 76.5 Å². The summed E-state index contributed by atoms with van der Waals surface area (Å²) in [5.74, 6) is -1.27. The van der Waals surface area contributed by atoms with Crippen LogP contribution >= 0.6 is 0 Å². The lowest BCUT2D eigenvalue weighted by molar-refractivity contribution is -0.247. The Morgan fingerprint density at radius 1 is 1.19 bits per heavy atom. The Morgan fingerprint density at radius 2 is 1.92 bits per heavy atom. The number of aliphatic hydroxyl groups is 3. The SMILES string of the molecule is COc1cccc2c1C(=O)c1cc3c(cc1C2=O)C[C@@](O)(C(=O)CO)C[C@@H]3O[C@H]1C[C@@H](N)[C@H](O)C(C)O1. The van der Waals surface area contributed by atoms with Crippen LogP contribution in [0.2, 0.25) is 0 Å². The van der Waals surface area contributed by atoms with Crippen LogP contribution in [0.4, 0.5) is 0 Å². The third-order valence-corrected chi connectivity index (χ3v) is 7.57. The van der Waals surface area contributed by atoms with Crippen LogP contribution in [0.1, 0.15) is 68.8 Å². The average molecular weight is 512 g/mol. The van der Waals surface area contributed by atoms with E-state index in [9.17, 15) is 29.7 Å². The topological polar surface area (TPSA) is 166 Å². The number of nitrogens with two attached hydrogens (primary N) is 1. The smallest absolute Gasteiger partial charge is 0.198 e. The van der Waals surface area contributed by atoms with Crippen molar-refractivity contribution in [2.24, 2.45) is 5.73 Å². The Labute approximate surface area is 212 Å². The molecular formula is C27H29NO9. The van der Waals surface area contributed by atoms with Gasteiger partial charge in [0.2, 0.25) is 0 Å². The van der Waals surface area contributed by atoms with Crippen molar-refractivity contribution in [1.82, 2.24) is 0 Å². The number of hydrogen-bond acceptors (Lipinski definition) is 10. The molecule has 2 aliphatic carbocycles. The maximum absolute atomic E-state index is 13.5. The Hall–Kier alpha value is -2.99. The molecule has 5 rings (SSSR count).